The van der Waals surface area contributed by atoms with E-state index in [4.69, 9.17) is 10.8 Å². The van der Waals surface area contributed by atoms with Crippen LogP contribution >= 0.6 is 0 Å². The normalized spacial score (nSPS) is 14.7. The molecule has 15 heavy (non-hydrogen) atoms. The summed E-state index contributed by atoms with van der Waals surface area (Å²) in [5, 5.41) is 11.2. The molecule has 0 aromatic heterocycles. The maximum absolute atomic E-state index is 11.3. The van der Waals surface area contributed by atoms with Gasteiger partial charge < -0.3 is 21.9 Å². The summed E-state index contributed by atoms with van der Waals surface area (Å²) in [6, 6.07) is -1.45. The van der Waals surface area contributed by atoms with Gasteiger partial charge in [0.05, 0.1) is 0 Å². The van der Waals surface area contributed by atoms with Crippen molar-refractivity contribution in [3.8, 4) is 0 Å². The first-order valence-corrected chi connectivity index (χ1v) is 4.92. The molecule has 0 bridgehead atoms. The van der Waals surface area contributed by atoms with Gasteiger partial charge in [0.1, 0.15) is 12.6 Å². The first-order chi connectivity index (χ1) is 6.88. The SMILES string of the molecule is CC(C)C[C@H](NC(=O)[C@H]([NH3+])CO)C(N)=O. The third-order valence-corrected chi connectivity index (χ3v) is 1.96. The number of primary amides is 1. The molecule has 6 heteroatoms. The molecule has 0 rings (SSSR count). The van der Waals surface area contributed by atoms with E-state index in [9.17, 15) is 9.59 Å². The highest BCUT2D eigenvalue weighted by Gasteiger charge is 2.23. The first-order valence-electron chi connectivity index (χ1n) is 4.92. The van der Waals surface area contributed by atoms with E-state index in [0.717, 1.165) is 0 Å². The molecule has 6 nitrogen and oxygen atoms in total. The molecule has 0 aliphatic rings. The first kappa shape index (κ1) is 13.9. The highest BCUT2D eigenvalue weighted by atomic mass is 16.3. The summed E-state index contributed by atoms with van der Waals surface area (Å²) >= 11 is 0. The zero-order valence-electron chi connectivity index (χ0n) is 9.19. The van der Waals surface area contributed by atoms with Gasteiger partial charge in [0.2, 0.25) is 5.91 Å². The molecule has 0 saturated carbocycles. The summed E-state index contributed by atoms with van der Waals surface area (Å²) in [7, 11) is 0. The summed E-state index contributed by atoms with van der Waals surface area (Å²) in [4.78, 5) is 22.3. The summed E-state index contributed by atoms with van der Waals surface area (Å²) in [5.74, 6) is -0.774. The maximum Gasteiger partial charge on any atom is 0.281 e. The molecule has 0 saturated heterocycles. The van der Waals surface area contributed by atoms with E-state index in [2.05, 4.69) is 11.1 Å². The Balaban J connectivity index is 4.29. The van der Waals surface area contributed by atoms with Gasteiger partial charge in [-0.1, -0.05) is 13.8 Å². The van der Waals surface area contributed by atoms with Crippen LogP contribution in [-0.2, 0) is 9.59 Å². The fraction of sp³-hybridized carbons (Fsp3) is 0.778. The number of hydrogen-bond acceptors (Lipinski definition) is 3. The van der Waals surface area contributed by atoms with Gasteiger partial charge in [-0.15, -0.1) is 0 Å². The summed E-state index contributed by atoms with van der Waals surface area (Å²) in [5.41, 5.74) is 8.57. The van der Waals surface area contributed by atoms with Crippen molar-refractivity contribution in [3.63, 3.8) is 0 Å². The number of rotatable bonds is 6. The lowest BCUT2D eigenvalue weighted by molar-refractivity contribution is -0.409. The summed E-state index contributed by atoms with van der Waals surface area (Å²) in [6.45, 7) is 3.50. The highest BCUT2D eigenvalue weighted by Crippen LogP contribution is 2.04. The van der Waals surface area contributed by atoms with Gasteiger partial charge in [-0.05, 0) is 12.3 Å². The number of nitrogens with two attached hydrogens (primary N) is 1. The molecule has 88 valence electrons. The van der Waals surface area contributed by atoms with Crippen LogP contribution in [0, 0.1) is 5.92 Å². The van der Waals surface area contributed by atoms with Gasteiger partial charge in [-0.2, -0.15) is 0 Å². The average molecular weight is 218 g/mol. The lowest BCUT2D eigenvalue weighted by Gasteiger charge is -2.17. The van der Waals surface area contributed by atoms with Crippen LogP contribution in [0.25, 0.3) is 0 Å². The standard InChI is InChI=1S/C9H19N3O3/c1-5(2)3-7(8(11)14)12-9(15)6(10)4-13/h5-7,13H,3-4,10H2,1-2H3,(H2,11,14)(H,12,15)/p+1/t6-,7+/m1/s1. The molecule has 0 unspecified atom stereocenters. The van der Waals surface area contributed by atoms with Gasteiger partial charge in [-0.3, -0.25) is 9.59 Å². The Morgan fingerprint density at radius 1 is 1.47 bits per heavy atom. The number of aliphatic hydroxyl groups excluding tert-OH is 1. The zero-order chi connectivity index (χ0) is 12.0. The average Bonchev–Trinajstić information content (AvgIpc) is 2.14. The zero-order valence-corrected chi connectivity index (χ0v) is 9.19. The smallest absolute Gasteiger partial charge is 0.281 e. The van der Waals surface area contributed by atoms with E-state index in [0.29, 0.717) is 6.42 Å². The second-order valence-electron chi connectivity index (χ2n) is 3.97. The van der Waals surface area contributed by atoms with E-state index in [1.165, 1.54) is 0 Å². The third-order valence-electron chi connectivity index (χ3n) is 1.96. The van der Waals surface area contributed by atoms with Crippen molar-refractivity contribution in [1.82, 2.24) is 5.32 Å². The van der Waals surface area contributed by atoms with Crippen LogP contribution in [0.1, 0.15) is 20.3 Å². The number of nitrogens with one attached hydrogen (secondary N) is 1. The molecule has 0 aromatic rings. The van der Waals surface area contributed by atoms with Crippen LogP contribution in [0.5, 0.6) is 0 Å². The molecule has 0 heterocycles. The van der Waals surface area contributed by atoms with Crippen LogP contribution in [0.15, 0.2) is 0 Å². The van der Waals surface area contributed by atoms with Crippen LogP contribution in [0.3, 0.4) is 0 Å². The van der Waals surface area contributed by atoms with Crippen molar-refractivity contribution in [3.05, 3.63) is 0 Å². The Morgan fingerprint density at radius 3 is 2.33 bits per heavy atom. The fourth-order valence-electron chi connectivity index (χ4n) is 1.09. The van der Waals surface area contributed by atoms with E-state index in [1.54, 1.807) is 0 Å². The second-order valence-corrected chi connectivity index (χ2v) is 3.97. The van der Waals surface area contributed by atoms with Gasteiger partial charge in [-0.25, -0.2) is 0 Å². The van der Waals surface area contributed by atoms with Crippen LogP contribution in [0.4, 0.5) is 0 Å². The largest absolute Gasteiger partial charge is 0.390 e. The number of amides is 2. The van der Waals surface area contributed by atoms with Crippen molar-refractivity contribution in [2.75, 3.05) is 6.61 Å². The molecule has 7 N–H and O–H groups in total. The monoisotopic (exact) mass is 218 g/mol. The summed E-state index contributed by atoms with van der Waals surface area (Å²) in [6.07, 6.45) is 0.485. The molecule has 0 aromatic carbocycles. The number of aliphatic hydroxyl groups is 1. The Bertz CT molecular complexity index is 231. The molecular weight excluding hydrogens is 198 g/mol. The predicted octanol–water partition coefficient (Wildman–Crippen LogP) is -2.39. The van der Waals surface area contributed by atoms with Crippen molar-refractivity contribution in [2.24, 2.45) is 11.7 Å². The van der Waals surface area contributed by atoms with Crippen molar-refractivity contribution in [1.29, 1.82) is 0 Å². The lowest BCUT2D eigenvalue weighted by atomic mass is 10.0. The number of hydrogen-bond donors (Lipinski definition) is 4. The molecule has 2 atom stereocenters. The Labute approximate surface area is 89.0 Å². The number of carbonyl (C=O) groups is 2. The second kappa shape index (κ2) is 6.36. The van der Waals surface area contributed by atoms with Crippen LogP contribution in [-0.4, -0.2) is 35.6 Å². The minimum Gasteiger partial charge on any atom is -0.390 e. The Hall–Kier alpha value is -1.14. The van der Waals surface area contributed by atoms with Gasteiger partial charge >= 0.3 is 0 Å². The van der Waals surface area contributed by atoms with Gasteiger partial charge in [0.15, 0.2) is 6.04 Å². The number of quaternary nitrogens is 1. The molecule has 0 radical (unpaired) electrons. The molecule has 0 spiro atoms. The maximum atomic E-state index is 11.3. The Kier molecular flexibility index (Phi) is 5.88. The number of carbonyl (C=O) groups excluding carboxylic acids is 2. The van der Waals surface area contributed by atoms with Crippen molar-refractivity contribution >= 4 is 11.8 Å². The van der Waals surface area contributed by atoms with Crippen LogP contribution < -0.4 is 16.8 Å². The Morgan fingerprint density at radius 2 is 2.00 bits per heavy atom. The van der Waals surface area contributed by atoms with Crippen molar-refractivity contribution in [2.45, 2.75) is 32.4 Å². The fourth-order valence-corrected chi connectivity index (χ4v) is 1.09. The lowest BCUT2D eigenvalue weighted by Crippen LogP contribution is -2.70. The van der Waals surface area contributed by atoms with Crippen LogP contribution in [0.2, 0.25) is 0 Å². The van der Waals surface area contributed by atoms with E-state index in [1.807, 2.05) is 13.8 Å². The topological polar surface area (TPSA) is 120 Å². The molecule has 2 amide bonds. The van der Waals surface area contributed by atoms with E-state index >= 15 is 0 Å². The van der Waals surface area contributed by atoms with E-state index in [-0.39, 0.29) is 12.5 Å². The molecule has 0 fully saturated rings. The van der Waals surface area contributed by atoms with Crippen molar-refractivity contribution < 1.29 is 20.4 Å². The molecular formula is C9H20N3O3+. The molecule has 0 aliphatic heterocycles. The van der Waals surface area contributed by atoms with Gasteiger partial charge in [0, 0.05) is 0 Å². The quantitative estimate of drug-likeness (QED) is 0.398. The molecule has 0 aliphatic carbocycles. The highest BCUT2D eigenvalue weighted by molar-refractivity contribution is 5.88. The minimum absolute atomic E-state index is 0.250. The minimum atomic E-state index is -0.765. The van der Waals surface area contributed by atoms with E-state index < -0.39 is 23.9 Å². The van der Waals surface area contributed by atoms with Gasteiger partial charge in [0.25, 0.3) is 5.91 Å². The summed E-state index contributed by atoms with van der Waals surface area (Å²) < 4.78 is 0. The third kappa shape index (κ3) is 5.34. The predicted molar refractivity (Wildman–Crippen MR) is 54.3 cm³/mol.